The van der Waals surface area contributed by atoms with E-state index in [1.165, 1.54) is 6.08 Å². The average molecular weight is 560 g/mol. The zero-order chi connectivity index (χ0) is 27.5. The van der Waals surface area contributed by atoms with Crippen LogP contribution >= 0.6 is 23.2 Å². The van der Waals surface area contributed by atoms with Gasteiger partial charge in [0.15, 0.2) is 0 Å². The van der Waals surface area contributed by atoms with Gasteiger partial charge in [-0.1, -0.05) is 54.8 Å². The van der Waals surface area contributed by atoms with E-state index in [0.717, 1.165) is 31.7 Å². The van der Waals surface area contributed by atoms with Gasteiger partial charge in [-0.05, 0) is 82.1 Å². The number of carbonyl (C=O) groups excluding carboxylic acids is 2. The molecule has 204 valence electrons. The molecule has 1 aromatic carbocycles. The predicted octanol–water partition coefficient (Wildman–Crippen LogP) is 8.09. The molecule has 1 fully saturated rings. The van der Waals surface area contributed by atoms with Crippen LogP contribution in [0, 0.1) is 29.6 Å². The van der Waals surface area contributed by atoms with Gasteiger partial charge in [-0.3, -0.25) is 9.59 Å². The topological polar surface area (TPSA) is 55.4 Å². The Kier molecular flexibility index (Phi) is 9.44. The highest BCUT2D eigenvalue weighted by Crippen LogP contribution is 2.41. The third kappa shape index (κ3) is 8.00. The zero-order valence-corrected chi connectivity index (χ0v) is 23.0. The Bertz CT molecular complexity index is 1060. The molecule has 2 unspecified atom stereocenters. The Labute approximate surface area is 226 Å². The number of hydrogen-bond donors (Lipinski definition) is 1. The van der Waals surface area contributed by atoms with Crippen molar-refractivity contribution in [1.82, 2.24) is 0 Å². The van der Waals surface area contributed by atoms with Crippen LogP contribution in [-0.2, 0) is 20.7 Å². The maximum Gasteiger partial charge on any atom is 0.392 e. The molecule has 37 heavy (non-hydrogen) atoms. The zero-order valence-electron chi connectivity index (χ0n) is 21.5. The smallest absolute Gasteiger partial charge is 0.392 e. The van der Waals surface area contributed by atoms with Crippen molar-refractivity contribution >= 4 is 40.8 Å². The number of amides is 1. The number of halogens is 5. The first kappa shape index (κ1) is 29.6. The molecule has 0 bridgehead atoms. The normalized spacial score (nSPS) is 20.9. The van der Waals surface area contributed by atoms with E-state index in [4.69, 9.17) is 27.9 Å². The van der Waals surface area contributed by atoms with Crippen LogP contribution in [0.1, 0.15) is 58.9 Å². The first-order chi connectivity index (χ1) is 17.2. The number of benzene rings is 1. The number of hydrogen-bond acceptors (Lipinski definition) is 3. The van der Waals surface area contributed by atoms with Gasteiger partial charge >= 0.3 is 12.1 Å². The Hall–Kier alpha value is -1.99. The number of carbonyl (C=O) groups is 2. The molecule has 0 spiro atoms. The SMILES string of the molecule is C[C@H]([C@H](C(=O)Nc1cc(CC(C(=O)OC(C)(C)C)C2CCC2)ccc1Cl)C1C=CC(Cl)=CC1)C(F)(F)F. The highest BCUT2D eigenvalue weighted by atomic mass is 35.5. The molecule has 1 aromatic rings. The van der Waals surface area contributed by atoms with Crippen molar-refractivity contribution in [2.45, 2.75) is 71.6 Å². The van der Waals surface area contributed by atoms with E-state index < -0.39 is 35.4 Å². The molecular formula is C28H34Cl2F3NO3. The number of allylic oxidation sites excluding steroid dienone is 4. The summed E-state index contributed by atoms with van der Waals surface area (Å²) in [5.41, 5.74) is 0.346. The lowest BCUT2D eigenvalue weighted by Crippen LogP contribution is -2.40. The standard InChI is InChI=1S/C28H34Cl2F3NO3/c1-16(28(31,32)33)24(19-9-11-20(29)12-10-19)25(35)34-23-15-17(8-13-22(23)30)14-21(18-6-5-7-18)26(36)37-27(2,3)4/h8-9,11-13,15-16,18-19,21,24H,5-7,10,14H2,1-4H3,(H,34,35)/t16-,19?,21?,24+/m1/s1. The lowest BCUT2D eigenvalue weighted by Gasteiger charge is -2.34. The quantitative estimate of drug-likeness (QED) is 0.327. The number of alkyl halides is 3. The lowest BCUT2D eigenvalue weighted by atomic mass is 9.73. The number of ether oxygens (including phenoxy) is 1. The van der Waals surface area contributed by atoms with Crippen LogP contribution < -0.4 is 5.32 Å². The first-order valence-corrected chi connectivity index (χ1v) is 13.3. The molecule has 9 heteroatoms. The van der Waals surface area contributed by atoms with Crippen LogP contribution in [0.25, 0.3) is 0 Å². The summed E-state index contributed by atoms with van der Waals surface area (Å²) in [6.07, 6.45) is 3.66. The van der Waals surface area contributed by atoms with Gasteiger partial charge in [0.05, 0.1) is 28.5 Å². The molecule has 4 atom stereocenters. The minimum atomic E-state index is -4.56. The molecular weight excluding hydrogens is 526 g/mol. The van der Waals surface area contributed by atoms with Crippen molar-refractivity contribution in [3.05, 3.63) is 52.0 Å². The molecule has 2 aliphatic rings. The summed E-state index contributed by atoms with van der Waals surface area (Å²) >= 11 is 12.3. The van der Waals surface area contributed by atoms with E-state index in [1.807, 2.05) is 20.8 Å². The van der Waals surface area contributed by atoms with Crippen LogP contribution in [0.3, 0.4) is 0 Å². The van der Waals surface area contributed by atoms with Gasteiger partial charge in [-0.2, -0.15) is 13.2 Å². The van der Waals surface area contributed by atoms with Gasteiger partial charge in [0.25, 0.3) is 0 Å². The summed E-state index contributed by atoms with van der Waals surface area (Å²) in [5.74, 6) is -5.11. The number of anilines is 1. The second-order valence-corrected chi connectivity index (χ2v) is 11.9. The van der Waals surface area contributed by atoms with Crippen molar-refractivity contribution in [3.8, 4) is 0 Å². The van der Waals surface area contributed by atoms with Crippen LogP contribution in [0.5, 0.6) is 0 Å². The summed E-state index contributed by atoms with van der Waals surface area (Å²) in [5, 5.41) is 3.27. The van der Waals surface area contributed by atoms with Crippen molar-refractivity contribution in [1.29, 1.82) is 0 Å². The molecule has 2 aliphatic carbocycles. The Morgan fingerprint density at radius 2 is 1.84 bits per heavy atom. The van der Waals surface area contributed by atoms with Crippen molar-refractivity contribution in [2.75, 3.05) is 5.32 Å². The van der Waals surface area contributed by atoms with Gasteiger partial charge in [0.2, 0.25) is 5.91 Å². The summed E-state index contributed by atoms with van der Waals surface area (Å²) in [4.78, 5) is 26.2. The van der Waals surface area contributed by atoms with Crippen LogP contribution in [-0.4, -0.2) is 23.7 Å². The number of nitrogens with one attached hydrogen (secondary N) is 1. The summed E-state index contributed by atoms with van der Waals surface area (Å²) in [6, 6.07) is 4.99. The Balaban J connectivity index is 1.82. The van der Waals surface area contributed by atoms with Crippen molar-refractivity contribution in [3.63, 3.8) is 0 Å². The molecule has 1 amide bonds. The number of rotatable bonds is 8. The van der Waals surface area contributed by atoms with Crippen LogP contribution in [0.4, 0.5) is 18.9 Å². The van der Waals surface area contributed by atoms with E-state index in [1.54, 1.807) is 30.4 Å². The van der Waals surface area contributed by atoms with Crippen LogP contribution in [0.15, 0.2) is 41.5 Å². The molecule has 1 N–H and O–H groups in total. The fourth-order valence-electron chi connectivity index (χ4n) is 4.80. The highest BCUT2D eigenvalue weighted by Gasteiger charge is 2.47. The monoisotopic (exact) mass is 559 g/mol. The first-order valence-electron chi connectivity index (χ1n) is 12.6. The van der Waals surface area contributed by atoms with E-state index in [0.29, 0.717) is 11.5 Å². The van der Waals surface area contributed by atoms with Gasteiger partial charge in [-0.25, -0.2) is 0 Å². The molecule has 1 saturated carbocycles. The van der Waals surface area contributed by atoms with E-state index >= 15 is 0 Å². The third-order valence-corrected chi connectivity index (χ3v) is 7.69. The molecule has 0 aromatic heterocycles. The van der Waals surface area contributed by atoms with Gasteiger partial charge < -0.3 is 10.1 Å². The fraction of sp³-hybridized carbons (Fsp3) is 0.571. The van der Waals surface area contributed by atoms with E-state index in [9.17, 15) is 22.8 Å². The van der Waals surface area contributed by atoms with Gasteiger partial charge in [-0.15, -0.1) is 0 Å². The van der Waals surface area contributed by atoms with Crippen molar-refractivity contribution < 1.29 is 27.5 Å². The predicted molar refractivity (Wildman–Crippen MR) is 140 cm³/mol. The molecule has 0 heterocycles. The summed E-state index contributed by atoms with van der Waals surface area (Å²) in [6.45, 7) is 6.48. The molecule has 4 nitrogen and oxygen atoms in total. The Morgan fingerprint density at radius 1 is 1.16 bits per heavy atom. The second-order valence-electron chi connectivity index (χ2n) is 11.0. The third-order valence-electron chi connectivity index (χ3n) is 7.08. The largest absolute Gasteiger partial charge is 0.460 e. The fourth-order valence-corrected chi connectivity index (χ4v) is 5.13. The molecule has 0 saturated heterocycles. The van der Waals surface area contributed by atoms with E-state index in [2.05, 4.69) is 5.32 Å². The minimum Gasteiger partial charge on any atom is -0.460 e. The average Bonchev–Trinajstić information content (AvgIpc) is 2.74. The Morgan fingerprint density at radius 3 is 2.35 bits per heavy atom. The van der Waals surface area contributed by atoms with Crippen LogP contribution in [0.2, 0.25) is 5.02 Å². The van der Waals surface area contributed by atoms with Crippen molar-refractivity contribution in [2.24, 2.45) is 29.6 Å². The summed E-state index contributed by atoms with van der Waals surface area (Å²) in [7, 11) is 0. The van der Waals surface area contributed by atoms with Gasteiger partial charge in [0, 0.05) is 5.03 Å². The molecule has 0 radical (unpaired) electrons. The van der Waals surface area contributed by atoms with E-state index in [-0.39, 0.29) is 34.9 Å². The maximum absolute atomic E-state index is 13.7. The molecule has 3 rings (SSSR count). The second kappa shape index (κ2) is 11.8. The highest BCUT2D eigenvalue weighted by molar-refractivity contribution is 6.33. The molecule has 0 aliphatic heterocycles. The van der Waals surface area contributed by atoms with Gasteiger partial charge in [0.1, 0.15) is 5.60 Å². The summed E-state index contributed by atoms with van der Waals surface area (Å²) < 4.78 is 46.8. The number of esters is 1. The lowest BCUT2D eigenvalue weighted by molar-refractivity contribution is -0.188. The maximum atomic E-state index is 13.7. The minimum absolute atomic E-state index is 0.204.